The van der Waals surface area contributed by atoms with Gasteiger partial charge >= 0.3 is 0 Å². The van der Waals surface area contributed by atoms with Crippen LogP contribution in [0.25, 0.3) is 0 Å². The summed E-state index contributed by atoms with van der Waals surface area (Å²) in [7, 11) is 0. The molecular formula is C7H12OS. The van der Waals surface area contributed by atoms with Crippen LogP contribution >= 0.6 is 12.6 Å². The number of hydrogen-bond donors (Lipinski definition) is 1. The maximum Gasteiger partial charge on any atom is 0.134 e. The molecule has 1 atom stereocenters. The van der Waals surface area contributed by atoms with E-state index in [-0.39, 0.29) is 4.75 Å². The number of ketones is 1. The summed E-state index contributed by atoms with van der Waals surface area (Å²) in [6.07, 6.45) is 3.55. The first kappa shape index (κ1) is 7.13. The van der Waals surface area contributed by atoms with Gasteiger partial charge in [-0.05, 0) is 12.8 Å². The fourth-order valence-corrected chi connectivity index (χ4v) is 1.60. The van der Waals surface area contributed by atoms with E-state index >= 15 is 0 Å². The van der Waals surface area contributed by atoms with Crippen LogP contribution < -0.4 is 0 Å². The molecule has 1 aliphatic rings. The monoisotopic (exact) mass is 144 g/mol. The van der Waals surface area contributed by atoms with Crippen molar-refractivity contribution in [2.45, 2.75) is 37.4 Å². The van der Waals surface area contributed by atoms with Crippen LogP contribution in [0.3, 0.4) is 0 Å². The molecule has 0 N–H and O–H groups in total. The maximum atomic E-state index is 10.8. The van der Waals surface area contributed by atoms with Gasteiger partial charge in [0.05, 0.1) is 0 Å². The Balaban J connectivity index is 2.51. The molecule has 52 valence electrons. The van der Waals surface area contributed by atoms with Crippen LogP contribution in [0.5, 0.6) is 0 Å². The molecule has 0 bridgehead atoms. The summed E-state index contributed by atoms with van der Waals surface area (Å²) in [4.78, 5) is 10.8. The zero-order chi connectivity index (χ0) is 6.91. The fourth-order valence-electron chi connectivity index (χ4n) is 1.27. The van der Waals surface area contributed by atoms with E-state index in [4.69, 9.17) is 0 Å². The number of carbonyl (C=O) groups excluding carboxylic acids is 1. The normalized spacial score (nSPS) is 36.9. The highest BCUT2D eigenvalue weighted by molar-refractivity contribution is 7.81. The number of rotatable bonds is 0. The third-order valence-electron chi connectivity index (χ3n) is 1.75. The summed E-state index contributed by atoms with van der Waals surface area (Å²) < 4.78 is -0.00463. The Morgan fingerprint density at radius 2 is 2.33 bits per heavy atom. The Bertz CT molecular complexity index is 129. The summed E-state index contributed by atoms with van der Waals surface area (Å²) in [6, 6.07) is 0. The van der Waals surface area contributed by atoms with Crippen molar-refractivity contribution in [2.75, 3.05) is 0 Å². The summed E-state index contributed by atoms with van der Waals surface area (Å²) in [5, 5.41) is 0. The van der Waals surface area contributed by atoms with Crippen molar-refractivity contribution < 1.29 is 4.79 Å². The van der Waals surface area contributed by atoms with E-state index in [0.717, 1.165) is 19.3 Å². The Morgan fingerprint density at radius 1 is 1.67 bits per heavy atom. The topological polar surface area (TPSA) is 17.1 Å². The molecule has 0 saturated heterocycles. The van der Waals surface area contributed by atoms with E-state index in [1.54, 1.807) is 0 Å². The molecule has 0 amide bonds. The summed E-state index contributed by atoms with van der Waals surface area (Å²) in [6.45, 7) is 2.03. The second-order valence-electron chi connectivity index (χ2n) is 3.07. The minimum absolute atomic E-state index is 0.00463. The van der Waals surface area contributed by atoms with Crippen molar-refractivity contribution >= 4 is 18.4 Å². The largest absolute Gasteiger partial charge is 0.300 e. The fraction of sp³-hybridized carbons (Fsp3) is 0.857. The van der Waals surface area contributed by atoms with Gasteiger partial charge in [-0.3, -0.25) is 4.79 Å². The Labute approximate surface area is 61.2 Å². The van der Waals surface area contributed by atoms with E-state index in [2.05, 4.69) is 12.6 Å². The van der Waals surface area contributed by atoms with Crippen molar-refractivity contribution in [2.24, 2.45) is 0 Å². The lowest BCUT2D eigenvalue weighted by Gasteiger charge is -2.26. The molecular weight excluding hydrogens is 132 g/mol. The molecule has 1 unspecified atom stereocenters. The lowest BCUT2D eigenvalue weighted by molar-refractivity contribution is -0.120. The van der Waals surface area contributed by atoms with Crippen LogP contribution in [0.2, 0.25) is 0 Å². The first-order chi connectivity index (χ1) is 4.10. The lowest BCUT2D eigenvalue weighted by Crippen LogP contribution is -2.26. The van der Waals surface area contributed by atoms with E-state index < -0.39 is 0 Å². The molecule has 1 saturated carbocycles. The number of thiol groups is 1. The molecule has 0 spiro atoms. The lowest BCUT2D eigenvalue weighted by atomic mass is 9.89. The SMILES string of the molecule is CC1(S)CCCC(=O)C1. The molecule has 0 aromatic rings. The maximum absolute atomic E-state index is 10.8. The van der Waals surface area contributed by atoms with E-state index in [0.29, 0.717) is 12.2 Å². The number of hydrogen-bond acceptors (Lipinski definition) is 2. The quantitative estimate of drug-likeness (QED) is 0.513. The molecule has 9 heavy (non-hydrogen) atoms. The van der Waals surface area contributed by atoms with Gasteiger partial charge in [0.2, 0.25) is 0 Å². The van der Waals surface area contributed by atoms with Gasteiger partial charge in [-0.15, -0.1) is 0 Å². The molecule has 1 rings (SSSR count). The summed E-state index contributed by atoms with van der Waals surface area (Å²) >= 11 is 4.36. The van der Waals surface area contributed by atoms with Gasteiger partial charge in [-0.25, -0.2) is 0 Å². The van der Waals surface area contributed by atoms with Crippen LogP contribution in [0.1, 0.15) is 32.6 Å². The van der Waals surface area contributed by atoms with Gasteiger partial charge in [0, 0.05) is 17.6 Å². The van der Waals surface area contributed by atoms with Gasteiger partial charge < -0.3 is 0 Å². The van der Waals surface area contributed by atoms with Gasteiger partial charge in [-0.1, -0.05) is 6.92 Å². The molecule has 0 heterocycles. The first-order valence-electron chi connectivity index (χ1n) is 3.34. The van der Waals surface area contributed by atoms with Gasteiger partial charge in [0.1, 0.15) is 5.78 Å². The number of carbonyl (C=O) groups is 1. The van der Waals surface area contributed by atoms with E-state index in [1.165, 1.54) is 0 Å². The minimum Gasteiger partial charge on any atom is -0.300 e. The van der Waals surface area contributed by atoms with Crippen molar-refractivity contribution in [3.05, 3.63) is 0 Å². The zero-order valence-electron chi connectivity index (χ0n) is 5.68. The molecule has 0 aliphatic heterocycles. The van der Waals surface area contributed by atoms with Gasteiger partial charge in [-0.2, -0.15) is 12.6 Å². The molecule has 0 aromatic carbocycles. The van der Waals surface area contributed by atoms with Crippen molar-refractivity contribution in [3.8, 4) is 0 Å². The van der Waals surface area contributed by atoms with E-state index in [1.807, 2.05) is 6.92 Å². The molecule has 1 fully saturated rings. The van der Waals surface area contributed by atoms with Gasteiger partial charge in [0.15, 0.2) is 0 Å². The summed E-state index contributed by atoms with van der Waals surface area (Å²) in [5.41, 5.74) is 0. The third kappa shape index (κ3) is 2.01. The summed E-state index contributed by atoms with van der Waals surface area (Å²) in [5.74, 6) is 0.374. The van der Waals surface area contributed by atoms with Crippen LogP contribution in [-0.4, -0.2) is 10.5 Å². The third-order valence-corrected chi connectivity index (χ3v) is 2.13. The Hall–Kier alpha value is 0.0200. The second-order valence-corrected chi connectivity index (χ2v) is 4.15. The second kappa shape index (κ2) is 2.33. The smallest absolute Gasteiger partial charge is 0.134 e. The molecule has 0 aromatic heterocycles. The number of Topliss-reactive ketones (excluding diaryl/α,β-unsaturated/α-hetero) is 1. The molecule has 0 radical (unpaired) electrons. The Morgan fingerprint density at radius 3 is 2.67 bits per heavy atom. The van der Waals surface area contributed by atoms with Crippen LogP contribution in [0, 0.1) is 0 Å². The van der Waals surface area contributed by atoms with Crippen LogP contribution in [-0.2, 0) is 4.79 Å². The minimum atomic E-state index is -0.00463. The zero-order valence-corrected chi connectivity index (χ0v) is 6.58. The van der Waals surface area contributed by atoms with Gasteiger partial charge in [0.25, 0.3) is 0 Å². The highest BCUT2D eigenvalue weighted by atomic mass is 32.1. The predicted molar refractivity (Wildman–Crippen MR) is 40.9 cm³/mol. The predicted octanol–water partition coefficient (Wildman–Crippen LogP) is 1.82. The average Bonchev–Trinajstić information content (AvgIpc) is 1.60. The standard InChI is InChI=1S/C7H12OS/c1-7(9)4-2-3-6(8)5-7/h9H,2-5H2,1H3. The van der Waals surface area contributed by atoms with Crippen LogP contribution in [0.4, 0.5) is 0 Å². The van der Waals surface area contributed by atoms with Crippen molar-refractivity contribution in [3.63, 3.8) is 0 Å². The average molecular weight is 144 g/mol. The highest BCUT2D eigenvalue weighted by Gasteiger charge is 2.26. The van der Waals surface area contributed by atoms with Crippen molar-refractivity contribution in [1.82, 2.24) is 0 Å². The van der Waals surface area contributed by atoms with Crippen molar-refractivity contribution in [1.29, 1.82) is 0 Å². The highest BCUT2D eigenvalue weighted by Crippen LogP contribution is 2.30. The van der Waals surface area contributed by atoms with E-state index in [9.17, 15) is 4.79 Å². The molecule has 1 aliphatic carbocycles. The van der Waals surface area contributed by atoms with Crippen LogP contribution in [0.15, 0.2) is 0 Å². The first-order valence-corrected chi connectivity index (χ1v) is 3.79. The Kier molecular flexibility index (Phi) is 1.85. The molecule has 1 nitrogen and oxygen atoms in total. The molecule has 2 heteroatoms.